The van der Waals surface area contributed by atoms with Crippen LogP contribution in [0.1, 0.15) is 22.9 Å². The Morgan fingerprint density at radius 2 is 1.94 bits per heavy atom. The third-order valence-corrected chi connectivity index (χ3v) is 3.68. The first-order valence-electron chi connectivity index (χ1n) is 5.50. The Balaban J connectivity index is 2.19. The summed E-state index contributed by atoms with van der Waals surface area (Å²) in [6, 6.07) is 8.26. The van der Waals surface area contributed by atoms with Gasteiger partial charge in [-0.2, -0.15) is 0 Å². The van der Waals surface area contributed by atoms with Crippen molar-refractivity contribution < 1.29 is 9.50 Å². The number of rotatable bonds is 3. The van der Waals surface area contributed by atoms with Gasteiger partial charge in [-0.1, -0.05) is 12.1 Å². The minimum absolute atomic E-state index is 0.250. The van der Waals surface area contributed by atoms with E-state index < -0.39 is 5.60 Å². The van der Waals surface area contributed by atoms with Gasteiger partial charge < -0.3 is 5.11 Å². The molecular weight excluding hydrogens is 235 g/mol. The Morgan fingerprint density at radius 3 is 2.47 bits per heavy atom. The summed E-state index contributed by atoms with van der Waals surface area (Å²) in [4.78, 5) is 1.18. The molecule has 1 aromatic carbocycles. The average Bonchev–Trinajstić information content (AvgIpc) is 2.69. The summed E-state index contributed by atoms with van der Waals surface area (Å²) in [7, 11) is 0. The van der Waals surface area contributed by atoms with Gasteiger partial charge in [-0.25, -0.2) is 4.39 Å². The fraction of sp³-hybridized carbons (Fsp3) is 0.286. The number of aryl methyl sites for hydroxylation is 1. The van der Waals surface area contributed by atoms with E-state index in [-0.39, 0.29) is 5.82 Å². The average molecular weight is 250 g/mol. The van der Waals surface area contributed by atoms with Gasteiger partial charge in [0, 0.05) is 11.3 Å². The molecule has 0 saturated heterocycles. The lowest BCUT2D eigenvalue weighted by Crippen LogP contribution is -2.23. The van der Waals surface area contributed by atoms with Crippen molar-refractivity contribution in [3.8, 4) is 0 Å². The minimum atomic E-state index is -0.900. The fourth-order valence-corrected chi connectivity index (χ4v) is 2.66. The lowest BCUT2D eigenvalue weighted by molar-refractivity contribution is 0.0580. The summed E-state index contributed by atoms with van der Waals surface area (Å²) in [6.45, 7) is 3.81. The quantitative estimate of drug-likeness (QED) is 0.881. The Kier molecular flexibility index (Phi) is 3.31. The minimum Gasteiger partial charge on any atom is -0.385 e. The van der Waals surface area contributed by atoms with E-state index in [4.69, 9.17) is 0 Å². The molecule has 0 fully saturated rings. The monoisotopic (exact) mass is 250 g/mol. The molecular formula is C14H15FOS. The van der Waals surface area contributed by atoms with Crippen molar-refractivity contribution in [2.45, 2.75) is 25.9 Å². The topological polar surface area (TPSA) is 20.2 Å². The lowest BCUT2D eigenvalue weighted by atomic mass is 9.91. The number of benzene rings is 1. The van der Waals surface area contributed by atoms with Gasteiger partial charge in [0.05, 0.1) is 5.60 Å². The molecule has 17 heavy (non-hydrogen) atoms. The third kappa shape index (κ3) is 2.93. The molecule has 1 unspecified atom stereocenters. The highest BCUT2D eigenvalue weighted by atomic mass is 32.1. The van der Waals surface area contributed by atoms with Crippen molar-refractivity contribution in [1.29, 1.82) is 0 Å². The largest absolute Gasteiger partial charge is 0.385 e. The van der Waals surface area contributed by atoms with Crippen molar-refractivity contribution in [3.05, 3.63) is 57.5 Å². The second-order valence-corrected chi connectivity index (χ2v) is 5.64. The first kappa shape index (κ1) is 12.3. The van der Waals surface area contributed by atoms with Crippen LogP contribution >= 0.6 is 11.3 Å². The number of hydrogen-bond acceptors (Lipinski definition) is 2. The zero-order valence-corrected chi connectivity index (χ0v) is 10.7. The van der Waals surface area contributed by atoms with E-state index in [1.807, 2.05) is 18.4 Å². The summed E-state index contributed by atoms with van der Waals surface area (Å²) in [5, 5.41) is 12.4. The van der Waals surface area contributed by atoms with Gasteiger partial charge in [-0.3, -0.25) is 0 Å². The van der Waals surface area contributed by atoms with Crippen molar-refractivity contribution in [2.24, 2.45) is 0 Å². The van der Waals surface area contributed by atoms with Crippen LogP contribution in [0.4, 0.5) is 4.39 Å². The van der Waals surface area contributed by atoms with E-state index in [2.05, 4.69) is 0 Å². The summed E-state index contributed by atoms with van der Waals surface area (Å²) >= 11 is 1.62. The first-order valence-corrected chi connectivity index (χ1v) is 6.38. The van der Waals surface area contributed by atoms with E-state index in [1.165, 1.54) is 17.0 Å². The van der Waals surface area contributed by atoms with Crippen LogP contribution in [0.3, 0.4) is 0 Å². The van der Waals surface area contributed by atoms with Crippen molar-refractivity contribution in [3.63, 3.8) is 0 Å². The Hall–Kier alpha value is -1.19. The smallest absolute Gasteiger partial charge is 0.123 e. The van der Waals surface area contributed by atoms with Crippen LogP contribution in [-0.2, 0) is 12.0 Å². The molecule has 3 heteroatoms. The van der Waals surface area contributed by atoms with Crippen molar-refractivity contribution >= 4 is 11.3 Å². The van der Waals surface area contributed by atoms with Gasteiger partial charge in [0.25, 0.3) is 0 Å². The highest BCUT2D eigenvalue weighted by Gasteiger charge is 2.24. The first-order chi connectivity index (χ1) is 7.97. The van der Waals surface area contributed by atoms with Gasteiger partial charge in [0.2, 0.25) is 0 Å². The van der Waals surface area contributed by atoms with Crippen LogP contribution in [-0.4, -0.2) is 5.11 Å². The van der Waals surface area contributed by atoms with E-state index in [0.717, 1.165) is 11.1 Å². The summed E-state index contributed by atoms with van der Waals surface area (Å²) in [5.41, 5.74) is 0.951. The number of hydrogen-bond donors (Lipinski definition) is 1. The summed E-state index contributed by atoms with van der Waals surface area (Å²) in [6.07, 6.45) is 0.490. The number of halogens is 1. The second kappa shape index (κ2) is 4.59. The maximum Gasteiger partial charge on any atom is 0.123 e. The van der Waals surface area contributed by atoms with Crippen molar-refractivity contribution in [1.82, 2.24) is 0 Å². The van der Waals surface area contributed by atoms with Crippen LogP contribution in [0.2, 0.25) is 0 Å². The molecule has 1 N–H and O–H groups in total. The molecule has 0 aliphatic carbocycles. The van der Waals surface area contributed by atoms with Crippen LogP contribution in [0.15, 0.2) is 35.7 Å². The van der Waals surface area contributed by atoms with E-state index in [1.54, 1.807) is 30.4 Å². The van der Waals surface area contributed by atoms with Gasteiger partial charge in [0.15, 0.2) is 0 Å². The second-order valence-electron chi connectivity index (χ2n) is 4.52. The molecule has 0 radical (unpaired) electrons. The van der Waals surface area contributed by atoms with Gasteiger partial charge >= 0.3 is 0 Å². The maximum absolute atomic E-state index is 12.8. The van der Waals surface area contributed by atoms with Gasteiger partial charge in [-0.15, -0.1) is 11.3 Å². The standard InChI is InChI=1S/C14H15FOS/c1-10-7-12(9-17-10)14(2,16)8-11-3-5-13(15)6-4-11/h3-7,9,16H,8H2,1-2H3. The SMILES string of the molecule is Cc1cc(C(C)(O)Cc2ccc(F)cc2)cs1. The number of aliphatic hydroxyl groups is 1. The van der Waals surface area contributed by atoms with Crippen molar-refractivity contribution in [2.75, 3.05) is 0 Å². The molecule has 1 aromatic heterocycles. The van der Waals surface area contributed by atoms with Gasteiger partial charge in [0.1, 0.15) is 5.82 Å². The molecule has 2 rings (SSSR count). The Labute approximate surface area is 105 Å². The zero-order valence-electron chi connectivity index (χ0n) is 9.90. The van der Waals surface area contributed by atoms with Crippen LogP contribution in [0.25, 0.3) is 0 Å². The zero-order chi connectivity index (χ0) is 12.5. The summed E-state index contributed by atoms with van der Waals surface area (Å²) in [5.74, 6) is -0.250. The third-order valence-electron chi connectivity index (χ3n) is 2.81. The predicted molar refractivity (Wildman–Crippen MR) is 68.7 cm³/mol. The molecule has 0 spiro atoms. The molecule has 1 nitrogen and oxygen atoms in total. The molecule has 90 valence electrons. The van der Waals surface area contributed by atoms with E-state index >= 15 is 0 Å². The molecule has 1 heterocycles. The maximum atomic E-state index is 12.8. The molecule has 0 aliphatic heterocycles. The highest BCUT2D eigenvalue weighted by Crippen LogP contribution is 2.29. The van der Waals surface area contributed by atoms with Crippen LogP contribution < -0.4 is 0 Å². The highest BCUT2D eigenvalue weighted by molar-refractivity contribution is 7.10. The number of thiophene rings is 1. The molecule has 2 aromatic rings. The normalized spacial score (nSPS) is 14.6. The van der Waals surface area contributed by atoms with Gasteiger partial charge in [-0.05, 0) is 48.6 Å². The molecule has 0 aliphatic rings. The van der Waals surface area contributed by atoms with Crippen LogP contribution in [0, 0.1) is 12.7 Å². The molecule has 1 atom stereocenters. The van der Waals surface area contributed by atoms with E-state index in [0.29, 0.717) is 6.42 Å². The van der Waals surface area contributed by atoms with Crippen LogP contribution in [0.5, 0.6) is 0 Å². The predicted octanol–water partition coefficient (Wildman–Crippen LogP) is 3.65. The molecule has 0 saturated carbocycles. The molecule has 0 amide bonds. The Morgan fingerprint density at radius 1 is 1.29 bits per heavy atom. The Bertz CT molecular complexity index is 499. The molecule has 0 bridgehead atoms. The van der Waals surface area contributed by atoms with E-state index in [9.17, 15) is 9.50 Å². The summed E-state index contributed by atoms with van der Waals surface area (Å²) < 4.78 is 12.8. The lowest BCUT2D eigenvalue weighted by Gasteiger charge is -2.22. The fourth-order valence-electron chi connectivity index (χ4n) is 1.83.